The van der Waals surface area contributed by atoms with Gasteiger partial charge in [0.25, 0.3) is 0 Å². The fourth-order valence-electron chi connectivity index (χ4n) is 1.40. The molecule has 2 rings (SSSR count). The largest absolute Gasteiger partial charge is 0.339 e. The third-order valence-electron chi connectivity index (χ3n) is 2.31. The summed E-state index contributed by atoms with van der Waals surface area (Å²) in [6, 6.07) is 8.18. The third kappa shape index (κ3) is 3.31. The first-order valence-corrected chi connectivity index (χ1v) is 6.53. The van der Waals surface area contributed by atoms with E-state index in [2.05, 4.69) is 22.3 Å². The molecule has 0 bridgehead atoms. The van der Waals surface area contributed by atoms with Gasteiger partial charge >= 0.3 is 0 Å². The first kappa shape index (κ1) is 12.1. The Bertz CT molecular complexity index is 484. The minimum Gasteiger partial charge on any atom is -0.339 e. The predicted molar refractivity (Wildman–Crippen MR) is 67.6 cm³/mol. The van der Waals surface area contributed by atoms with Crippen LogP contribution in [0.5, 0.6) is 0 Å². The molecule has 90 valence electrons. The van der Waals surface area contributed by atoms with Gasteiger partial charge < -0.3 is 10.3 Å². The van der Waals surface area contributed by atoms with Crippen LogP contribution in [0.4, 0.5) is 0 Å². The smallest absolute Gasteiger partial charge is 0.226 e. The van der Waals surface area contributed by atoms with E-state index in [1.54, 1.807) is 11.8 Å². The highest BCUT2D eigenvalue weighted by molar-refractivity contribution is 7.98. The number of hydrogen-bond acceptors (Lipinski definition) is 5. The highest BCUT2D eigenvalue weighted by atomic mass is 32.2. The van der Waals surface area contributed by atoms with Crippen molar-refractivity contribution in [3.63, 3.8) is 0 Å². The molecular formula is C12H15N3OS. The van der Waals surface area contributed by atoms with E-state index in [-0.39, 0.29) is 0 Å². The molecule has 2 N–H and O–H groups in total. The fourth-order valence-corrected chi connectivity index (χ4v) is 2.23. The molecule has 1 aromatic carbocycles. The predicted octanol–water partition coefficient (Wildman–Crippen LogP) is 2.38. The normalized spacial score (nSPS) is 10.7. The first-order valence-electron chi connectivity index (χ1n) is 5.55. The number of hydrogen-bond donors (Lipinski definition) is 1. The van der Waals surface area contributed by atoms with Crippen LogP contribution in [0, 0.1) is 0 Å². The molecule has 0 fully saturated rings. The number of nitrogens with two attached hydrogens (primary N) is 1. The van der Waals surface area contributed by atoms with Gasteiger partial charge in [0, 0.05) is 17.9 Å². The molecule has 5 heteroatoms. The summed E-state index contributed by atoms with van der Waals surface area (Å²) in [4.78, 5) is 5.44. The average molecular weight is 249 g/mol. The van der Waals surface area contributed by atoms with Gasteiger partial charge in [0.05, 0.1) is 5.75 Å². The number of thioether (sulfide) groups is 1. The summed E-state index contributed by atoms with van der Waals surface area (Å²) in [6.45, 7) is 2.56. The van der Waals surface area contributed by atoms with Gasteiger partial charge in [0.1, 0.15) is 0 Å². The van der Waals surface area contributed by atoms with Crippen molar-refractivity contribution < 1.29 is 4.52 Å². The van der Waals surface area contributed by atoms with Crippen LogP contribution in [0.25, 0.3) is 0 Å². The summed E-state index contributed by atoms with van der Waals surface area (Å²) >= 11 is 1.69. The van der Waals surface area contributed by atoms with Crippen molar-refractivity contribution in [3.05, 3.63) is 41.5 Å². The van der Waals surface area contributed by atoms with Gasteiger partial charge in [0.15, 0.2) is 5.82 Å². The number of aryl methyl sites for hydroxylation is 1. The maximum absolute atomic E-state index is 5.60. The second kappa shape index (κ2) is 5.84. The molecular weight excluding hydrogens is 234 g/mol. The molecule has 0 aliphatic heterocycles. The van der Waals surface area contributed by atoms with Crippen molar-refractivity contribution in [3.8, 4) is 0 Å². The lowest BCUT2D eigenvalue weighted by molar-refractivity contribution is 0.378. The summed E-state index contributed by atoms with van der Waals surface area (Å²) in [5, 5.41) is 3.91. The van der Waals surface area contributed by atoms with Crippen molar-refractivity contribution in [1.82, 2.24) is 10.1 Å². The molecule has 17 heavy (non-hydrogen) atoms. The zero-order valence-corrected chi connectivity index (χ0v) is 10.5. The van der Waals surface area contributed by atoms with E-state index in [0.717, 1.165) is 23.6 Å². The third-order valence-corrected chi connectivity index (χ3v) is 3.30. The standard InChI is InChI=1S/C12H15N3OS/c1-2-12-14-11(15-16-12)8-17-10-5-3-4-9(6-10)7-13/h3-6H,2,7-8,13H2,1H3. The summed E-state index contributed by atoms with van der Waals surface area (Å²) in [5.41, 5.74) is 6.73. The Balaban J connectivity index is 1.96. The van der Waals surface area contributed by atoms with Crippen LogP contribution >= 0.6 is 11.8 Å². The highest BCUT2D eigenvalue weighted by Crippen LogP contribution is 2.22. The summed E-state index contributed by atoms with van der Waals surface area (Å²) in [6.07, 6.45) is 0.778. The minimum absolute atomic E-state index is 0.566. The van der Waals surface area contributed by atoms with Gasteiger partial charge in [-0.15, -0.1) is 11.8 Å². The number of benzene rings is 1. The molecule has 0 amide bonds. The second-order valence-corrected chi connectivity index (χ2v) is 4.65. The first-order chi connectivity index (χ1) is 8.31. The van der Waals surface area contributed by atoms with E-state index in [9.17, 15) is 0 Å². The monoisotopic (exact) mass is 249 g/mol. The number of aromatic nitrogens is 2. The lowest BCUT2D eigenvalue weighted by atomic mass is 10.2. The van der Waals surface area contributed by atoms with Gasteiger partial charge in [-0.2, -0.15) is 4.98 Å². The maximum Gasteiger partial charge on any atom is 0.226 e. The van der Waals surface area contributed by atoms with Gasteiger partial charge in [-0.05, 0) is 17.7 Å². The summed E-state index contributed by atoms with van der Waals surface area (Å²) in [5.74, 6) is 2.15. The van der Waals surface area contributed by atoms with Crippen molar-refractivity contribution in [2.75, 3.05) is 0 Å². The summed E-state index contributed by atoms with van der Waals surface area (Å²) < 4.78 is 5.05. The molecule has 4 nitrogen and oxygen atoms in total. The Kier molecular flexibility index (Phi) is 4.17. The molecule has 0 saturated heterocycles. The van der Waals surface area contributed by atoms with Crippen LogP contribution in [0.1, 0.15) is 24.2 Å². The number of rotatable bonds is 5. The van der Waals surface area contributed by atoms with E-state index >= 15 is 0 Å². The fraction of sp³-hybridized carbons (Fsp3) is 0.333. The van der Waals surface area contributed by atoms with Gasteiger partial charge in [0.2, 0.25) is 5.89 Å². The van der Waals surface area contributed by atoms with Crippen molar-refractivity contribution in [2.24, 2.45) is 5.73 Å². The Morgan fingerprint density at radius 1 is 1.41 bits per heavy atom. The van der Waals surface area contributed by atoms with Crippen LogP contribution in [0.3, 0.4) is 0 Å². The topological polar surface area (TPSA) is 64.9 Å². The molecule has 0 unspecified atom stereocenters. The molecule has 0 radical (unpaired) electrons. The molecule has 1 heterocycles. The molecule has 0 atom stereocenters. The zero-order chi connectivity index (χ0) is 12.1. The molecule has 0 aliphatic rings. The Hall–Kier alpha value is -1.33. The SMILES string of the molecule is CCc1nc(CSc2cccc(CN)c2)no1. The van der Waals surface area contributed by atoms with Gasteiger partial charge in [-0.1, -0.05) is 24.2 Å². The Morgan fingerprint density at radius 2 is 2.29 bits per heavy atom. The molecule has 0 spiro atoms. The molecule has 0 aliphatic carbocycles. The lowest BCUT2D eigenvalue weighted by Gasteiger charge is -2.01. The summed E-state index contributed by atoms with van der Waals surface area (Å²) in [7, 11) is 0. The second-order valence-electron chi connectivity index (χ2n) is 3.60. The Labute approximate surface area is 105 Å². The molecule has 2 aromatic rings. The number of nitrogens with zero attached hydrogens (tertiary/aromatic N) is 2. The van der Waals surface area contributed by atoms with E-state index in [1.165, 1.54) is 4.90 Å². The van der Waals surface area contributed by atoms with Crippen LogP contribution in [-0.2, 0) is 18.7 Å². The van der Waals surface area contributed by atoms with Crippen molar-refractivity contribution in [1.29, 1.82) is 0 Å². The van der Waals surface area contributed by atoms with E-state index in [4.69, 9.17) is 10.3 Å². The van der Waals surface area contributed by atoms with Crippen LogP contribution in [0.2, 0.25) is 0 Å². The van der Waals surface area contributed by atoms with E-state index in [0.29, 0.717) is 12.4 Å². The molecule has 1 aromatic heterocycles. The van der Waals surface area contributed by atoms with Crippen LogP contribution in [0.15, 0.2) is 33.7 Å². The maximum atomic E-state index is 5.60. The lowest BCUT2D eigenvalue weighted by Crippen LogP contribution is -1.95. The highest BCUT2D eigenvalue weighted by Gasteiger charge is 2.05. The van der Waals surface area contributed by atoms with Crippen LogP contribution in [-0.4, -0.2) is 10.1 Å². The quantitative estimate of drug-likeness (QED) is 0.824. The zero-order valence-electron chi connectivity index (χ0n) is 9.72. The average Bonchev–Trinajstić information content (AvgIpc) is 2.84. The van der Waals surface area contributed by atoms with Crippen molar-refractivity contribution in [2.45, 2.75) is 30.5 Å². The van der Waals surface area contributed by atoms with E-state index < -0.39 is 0 Å². The van der Waals surface area contributed by atoms with E-state index in [1.807, 2.05) is 19.1 Å². The van der Waals surface area contributed by atoms with Gasteiger partial charge in [-0.3, -0.25) is 0 Å². The Morgan fingerprint density at radius 3 is 3.00 bits per heavy atom. The van der Waals surface area contributed by atoms with Crippen LogP contribution < -0.4 is 5.73 Å². The molecule has 0 saturated carbocycles. The minimum atomic E-state index is 0.566. The van der Waals surface area contributed by atoms with Crippen molar-refractivity contribution >= 4 is 11.8 Å². The van der Waals surface area contributed by atoms with Gasteiger partial charge in [-0.25, -0.2) is 0 Å².